The van der Waals surface area contributed by atoms with Crippen LogP contribution in [0, 0.1) is 6.92 Å². The van der Waals surface area contributed by atoms with E-state index in [-0.39, 0.29) is 11.0 Å². The van der Waals surface area contributed by atoms with E-state index in [0.717, 1.165) is 5.56 Å². The Balaban J connectivity index is 1.88. The molecule has 0 saturated carbocycles. The van der Waals surface area contributed by atoms with Crippen LogP contribution in [0.5, 0.6) is 5.75 Å². The Morgan fingerprint density at radius 2 is 1.68 bits per heavy atom. The first-order valence-corrected chi connectivity index (χ1v) is 8.11. The molecule has 0 bridgehead atoms. The number of aryl methyl sites for hydroxylation is 1. The molecule has 0 aliphatic heterocycles. The van der Waals surface area contributed by atoms with Gasteiger partial charge in [0.15, 0.2) is 5.11 Å². The Kier molecular flexibility index (Phi) is 6.47. The van der Waals surface area contributed by atoms with Crippen LogP contribution >= 0.6 is 12.2 Å². The van der Waals surface area contributed by atoms with Crippen LogP contribution in [0.25, 0.3) is 0 Å². The first kappa shape index (κ1) is 18.4. The standard InChI is InChI=1S/C18H19N3O3S/c1-3-24-15-9-5-8-14(11-15)16(22)19-18(25)21-20-17(23)13-7-4-6-12(2)10-13/h4-11H,3H2,1-2H3,(H,20,23)(H2,19,21,22,25). The number of carbonyl (C=O) groups is 2. The summed E-state index contributed by atoms with van der Waals surface area (Å²) in [6.45, 7) is 4.27. The molecule has 3 N–H and O–H groups in total. The molecule has 0 radical (unpaired) electrons. The van der Waals surface area contributed by atoms with Crippen molar-refractivity contribution >= 4 is 29.1 Å². The number of hydrazine groups is 1. The Morgan fingerprint density at radius 1 is 1.00 bits per heavy atom. The molecule has 0 saturated heterocycles. The summed E-state index contributed by atoms with van der Waals surface area (Å²) in [7, 11) is 0. The van der Waals surface area contributed by atoms with E-state index in [1.807, 2.05) is 19.9 Å². The maximum atomic E-state index is 12.2. The average Bonchev–Trinajstić information content (AvgIpc) is 2.60. The molecule has 0 heterocycles. The van der Waals surface area contributed by atoms with E-state index < -0.39 is 5.91 Å². The van der Waals surface area contributed by atoms with Crippen LogP contribution in [0.3, 0.4) is 0 Å². The summed E-state index contributed by atoms with van der Waals surface area (Å²) in [5.41, 5.74) is 6.82. The largest absolute Gasteiger partial charge is 0.494 e. The lowest BCUT2D eigenvalue weighted by Gasteiger charge is -2.11. The molecular weight excluding hydrogens is 338 g/mol. The first-order valence-electron chi connectivity index (χ1n) is 7.71. The molecule has 2 aromatic rings. The summed E-state index contributed by atoms with van der Waals surface area (Å²) in [5, 5.41) is 2.49. The van der Waals surface area contributed by atoms with E-state index in [4.69, 9.17) is 17.0 Å². The maximum Gasteiger partial charge on any atom is 0.269 e. The lowest BCUT2D eigenvalue weighted by Crippen LogP contribution is -2.48. The number of nitrogens with one attached hydrogen (secondary N) is 3. The Labute approximate surface area is 151 Å². The SMILES string of the molecule is CCOc1cccc(C(=O)NC(=S)NNC(=O)c2cccc(C)c2)c1. The predicted octanol–water partition coefficient (Wildman–Crippen LogP) is 2.34. The van der Waals surface area contributed by atoms with E-state index in [2.05, 4.69) is 16.2 Å². The van der Waals surface area contributed by atoms with Gasteiger partial charge in [0.25, 0.3) is 11.8 Å². The summed E-state index contributed by atoms with van der Waals surface area (Å²) in [5.74, 6) is -0.149. The number of amides is 2. The van der Waals surface area contributed by atoms with Crippen LogP contribution in [-0.4, -0.2) is 23.5 Å². The normalized spacial score (nSPS) is 9.84. The highest BCUT2D eigenvalue weighted by Gasteiger charge is 2.10. The quantitative estimate of drug-likeness (QED) is 0.578. The Bertz CT molecular complexity index is 793. The molecule has 2 amide bonds. The van der Waals surface area contributed by atoms with Crippen molar-refractivity contribution in [3.8, 4) is 5.75 Å². The molecular formula is C18H19N3O3S. The van der Waals surface area contributed by atoms with Crippen LogP contribution in [0.1, 0.15) is 33.2 Å². The van der Waals surface area contributed by atoms with Crippen molar-refractivity contribution in [3.05, 3.63) is 65.2 Å². The molecule has 2 rings (SSSR count). The summed E-state index contributed by atoms with van der Waals surface area (Å²) in [6.07, 6.45) is 0. The molecule has 0 atom stereocenters. The Morgan fingerprint density at radius 3 is 2.36 bits per heavy atom. The molecule has 0 unspecified atom stereocenters. The van der Waals surface area contributed by atoms with Gasteiger partial charge in [-0.2, -0.15) is 0 Å². The van der Waals surface area contributed by atoms with Crippen LogP contribution < -0.4 is 20.9 Å². The second kappa shape index (κ2) is 8.79. The highest BCUT2D eigenvalue weighted by Crippen LogP contribution is 2.13. The van der Waals surface area contributed by atoms with Gasteiger partial charge in [0.05, 0.1) is 6.61 Å². The summed E-state index contributed by atoms with van der Waals surface area (Å²) >= 11 is 5.02. The topological polar surface area (TPSA) is 79.5 Å². The predicted molar refractivity (Wildman–Crippen MR) is 99.5 cm³/mol. The second-order valence-electron chi connectivity index (χ2n) is 5.19. The number of hydrogen-bond donors (Lipinski definition) is 3. The van der Waals surface area contributed by atoms with Crippen molar-refractivity contribution in [2.75, 3.05) is 6.61 Å². The number of rotatable bonds is 4. The van der Waals surface area contributed by atoms with E-state index >= 15 is 0 Å². The minimum Gasteiger partial charge on any atom is -0.494 e. The number of benzene rings is 2. The highest BCUT2D eigenvalue weighted by molar-refractivity contribution is 7.80. The van der Waals surface area contributed by atoms with Gasteiger partial charge in [-0.15, -0.1) is 0 Å². The third-order valence-electron chi connectivity index (χ3n) is 3.20. The third-order valence-corrected chi connectivity index (χ3v) is 3.41. The smallest absolute Gasteiger partial charge is 0.269 e. The third kappa shape index (κ3) is 5.58. The maximum absolute atomic E-state index is 12.2. The minimum absolute atomic E-state index is 0.00665. The molecule has 0 aromatic heterocycles. The van der Waals surface area contributed by atoms with Crippen molar-refractivity contribution in [3.63, 3.8) is 0 Å². The Hall–Kier alpha value is -2.93. The fourth-order valence-electron chi connectivity index (χ4n) is 2.07. The van der Waals surface area contributed by atoms with Gasteiger partial charge in [-0.1, -0.05) is 23.8 Å². The molecule has 6 nitrogen and oxygen atoms in total. The van der Waals surface area contributed by atoms with Gasteiger partial charge in [-0.3, -0.25) is 25.8 Å². The molecule has 25 heavy (non-hydrogen) atoms. The van der Waals surface area contributed by atoms with E-state index in [1.54, 1.807) is 42.5 Å². The van der Waals surface area contributed by atoms with Gasteiger partial charge < -0.3 is 4.74 Å². The fraction of sp³-hybridized carbons (Fsp3) is 0.167. The molecule has 0 aliphatic carbocycles. The number of thiocarbonyl (C=S) groups is 1. The van der Waals surface area contributed by atoms with Crippen molar-refractivity contribution in [1.29, 1.82) is 0 Å². The van der Waals surface area contributed by atoms with E-state index in [1.165, 1.54) is 0 Å². The summed E-state index contributed by atoms with van der Waals surface area (Å²) < 4.78 is 5.35. The molecule has 0 spiro atoms. The van der Waals surface area contributed by atoms with Gasteiger partial charge in [-0.25, -0.2) is 0 Å². The van der Waals surface area contributed by atoms with Gasteiger partial charge >= 0.3 is 0 Å². The van der Waals surface area contributed by atoms with Crippen molar-refractivity contribution in [1.82, 2.24) is 16.2 Å². The van der Waals surface area contributed by atoms with E-state index in [9.17, 15) is 9.59 Å². The van der Waals surface area contributed by atoms with Gasteiger partial charge in [0, 0.05) is 11.1 Å². The zero-order valence-corrected chi connectivity index (χ0v) is 14.8. The van der Waals surface area contributed by atoms with Crippen LogP contribution in [0.4, 0.5) is 0 Å². The van der Waals surface area contributed by atoms with Crippen molar-refractivity contribution < 1.29 is 14.3 Å². The van der Waals surface area contributed by atoms with Crippen molar-refractivity contribution in [2.24, 2.45) is 0 Å². The van der Waals surface area contributed by atoms with Crippen molar-refractivity contribution in [2.45, 2.75) is 13.8 Å². The molecule has 130 valence electrons. The number of hydrogen-bond acceptors (Lipinski definition) is 4. The fourth-order valence-corrected chi connectivity index (χ4v) is 2.22. The lowest BCUT2D eigenvalue weighted by atomic mass is 10.1. The zero-order chi connectivity index (χ0) is 18.2. The summed E-state index contributed by atoms with van der Waals surface area (Å²) in [6, 6.07) is 13.9. The highest BCUT2D eigenvalue weighted by atomic mass is 32.1. The molecule has 7 heteroatoms. The monoisotopic (exact) mass is 357 g/mol. The number of ether oxygens (including phenoxy) is 1. The molecule has 2 aromatic carbocycles. The van der Waals surface area contributed by atoms with Crippen LogP contribution in [-0.2, 0) is 0 Å². The first-order chi connectivity index (χ1) is 12.0. The van der Waals surface area contributed by atoms with Gasteiger partial charge in [0.2, 0.25) is 0 Å². The van der Waals surface area contributed by atoms with Gasteiger partial charge in [-0.05, 0) is 56.4 Å². The summed E-state index contributed by atoms with van der Waals surface area (Å²) in [4.78, 5) is 24.2. The lowest BCUT2D eigenvalue weighted by molar-refractivity contribution is 0.0934. The van der Waals surface area contributed by atoms with Crippen LogP contribution in [0.15, 0.2) is 48.5 Å². The molecule has 0 fully saturated rings. The van der Waals surface area contributed by atoms with E-state index in [0.29, 0.717) is 23.5 Å². The zero-order valence-electron chi connectivity index (χ0n) is 14.0. The van der Waals surface area contributed by atoms with Crippen LogP contribution in [0.2, 0.25) is 0 Å². The minimum atomic E-state index is -0.399. The second-order valence-corrected chi connectivity index (χ2v) is 5.60. The number of carbonyl (C=O) groups excluding carboxylic acids is 2. The molecule has 0 aliphatic rings. The average molecular weight is 357 g/mol. The van der Waals surface area contributed by atoms with Gasteiger partial charge in [0.1, 0.15) is 5.75 Å².